The van der Waals surface area contributed by atoms with Gasteiger partial charge in [-0.15, -0.1) is 0 Å². The van der Waals surface area contributed by atoms with Gasteiger partial charge in [-0.1, -0.05) is 120 Å². The number of aliphatic hydroxyl groups is 5. The Morgan fingerprint density at radius 3 is 1.48 bits per heavy atom. The van der Waals surface area contributed by atoms with Gasteiger partial charge in [0.1, 0.15) is 43.2 Å². The van der Waals surface area contributed by atoms with Gasteiger partial charge >= 0.3 is 19.8 Å². The largest absolute Gasteiger partial charge is 0.472 e. The van der Waals surface area contributed by atoms with Gasteiger partial charge in [-0.3, -0.25) is 18.6 Å². The highest BCUT2D eigenvalue weighted by atomic mass is 31.2. The molecule has 0 spiro atoms. The van der Waals surface area contributed by atoms with Crippen molar-refractivity contribution in [1.29, 1.82) is 0 Å². The van der Waals surface area contributed by atoms with Crippen LogP contribution in [-0.2, 0) is 32.7 Å². The standard InChI is InChI=1S/C44H75O13P/c1-3-5-7-9-11-13-15-17-18-19-20-21-23-25-27-29-31-33-38(46)56-36(34-54-37(45)32-30-28-26-24-22-16-14-12-10-8-6-4-2)35-55-58(52,53)57-44-42(50)40(48)39(47)41(49)43(44)51/h11-14,17-18,20-21,25,27,36,39-44,47-51H,3-10,15-16,19,22-24,26,28-35H2,1-2H3,(H,52,53)/b13-11-,14-12-,18-17-,21-20-,27-25-/t36-,39?,40-,41?,42?,43?,44?/m1/s1. The lowest BCUT2D eigenvalue weighted by Crippen LogP contribution is -2.64. The second-order valence-electron chi connectivity index (χ2n) is 14.8. The summed E-state index contributed by atoms with van der Waals surface area (Å²) < 4.78 is 33.4. The molecule has 0 saturated heterocycles. The first-order valence-corrected chi connectivity index (χ1v) is 23.1. The number of hydrogen-bond donors (Lipinski definition) is 6. The molecule has 334 valence electrons. The maximum absolute atomic E-state index is 12.8. The van der Waals surface area contributed by atoms with Crippen molar-refractivity contribution in [3.63, 3.8) is 0 Å². The fraction of sp³-hybridized carbons (Fsp3) is 0.727. The average molecular weight is 843 g/mol. The molecule has 1 aliphatic rings. The van der Waals surface area contributed by atoms with E-state index in [4.69, 9.17) is 18.5 Å². The molecule has 0 aromatic carbocycles. The predicted octanol–water partition coefficient (Wildman–Crippen LogP) is 7.77. The first-order valence-electron chi connectivity index (χ1n) is 21.6. The first-order chi connectivity index (χ1) is 27.9. The van der Waals surface area contributed by atoms with E-state index in [1.54, 1.807) is 0 Å². The van der Waals surface area contributed by atoms with Crippen LogP contribution in [0.15, 0.2) is 60.8 Å². The van der Waals surface area contributed by atoms with Crippen molar-refractivity contribution < 1.29 is 63.1 Å². The number of phosphoric ester groups is 1. The molecule has 58 heavy (non-hydrogen) atoms. The number of rotatable bonds is 34. The number of esters is 2. The SMILES string of the molecule is CCCCC/C=C\C/C=C\C/C=C\C/C=C\CCCC(=O)O[C@H](COC(=O)CCCCCCC/C=C\CCCCC)COP(=O)(O)OC1C(O)C(O)C(O)[C@@H](O)C1O. The zero-order valence-electron chi connectivity index (χ0n) is 35.1. The van der Waals surface area contributed by atoms with E-state index in [1.165, 1.54) is 38.5 Å². The summed E-state index contributed by atoms with van der Waals surface area (Å²) in [6.07, 6.45) is 27.2. The van der Waals surface area contributed by atoms with Crippen molar-refractivity contribution in [3.05, 3.63) is 60.8 Å². The van der Waals surface area contributed by atoms with Gasteiger partial charge in [0.2, 0.25) is 0 Å². The van der Waals surface area contributed by atoms with Gasteiger partial charge < -0.3 is 39.9 Å². The van der Waals surface area contributed by atoms with Crippen LogP contribution in [-0.4, -0.2) is 98.3 Å². The molecular formula is C44H75O13P. The van der Waals surface area contributed by atoms with Gasteiger partial charge in [-0.2, -0.15) is 0 Å². The Hall–Kier alpha value is -2.45. The van der Waals surface area contributed by atoms with Crippen LogP contribution in [0.25, 0.3) is 0 Å². The smallest absolute Gasteiger partial charge is 0.462 e. The van der Waals surface area contributed by atoms with Crippen LogP contribution in [0.1, 0.15) is 149 Å². The normalized spacial score (nSPS) is 23.1. The number of unbranched alkanes of at least 4 members (excludes halogenated alkanes) is 12. The second kappa shape index (κ2) is 34.3. The molecule has 6 N–H and O–H groups in total. The first kappa shape index (κ1) is 53.6. The zero-order valence-corrected chi connectivity index (χ0v) is 36.0. The number of aliphatic hydroxyl groups excluding tert-OH is 5. The maximum atomic E-state index is 12.8. The summed E-state index contributed by atoms with van der Waals surface area (Å²) in [5, 5.41) is 50.0. The average Bonchev–Trinajstić information content (AvgIpc) is 3.20. The number of hydrogen-bond acceptors (Lipinski definition) is 12. The second-order valence-corrected chi connectivity index (χ2v) is 16.2. The summed E-state index contributed by atoms with van der Waals surface area (Å²) in [6, 6.07) is 0. The minimum absolute atomic E-state index is 0.0168. The summed E-state index contributed by atoms with van der Waals surface area (Å²) >= 11 is 0. The molecule has 1 aliphatic carbocycles. The number of ether oxygens (including phenoxy) is 2. The van der Waals surface area contributed by atoms with Gasteiger partial charge in [-0.05, 0) is 77.0 Å². The highest BCUT2D eigenvalue weighted by molar-refractivity contribution is 7.47. The Morgan fingerprint density at radius 2 is 0.948 bits per heavy atom. The van der Waals surface area contributed by atoms with Crippen molar-refractivity contribution in [1.82, 2.24) is 0 Å². The van der Waals surface area contributed by atoms with Gasteiger partial charge in [0.25, 0.3) is 0 Å². The van der Waals surface area contributed by atoms with E-state index in [9.17, 15) is 44.6 Å². The van der Waals surface area contributed by atoms with E-state index < -0.39 is 75.7 Å². The molecule has 0 aliphatic heterocycles. The van der Waals surface area contributed by atoms with Crippen molar-refractivity contribution in [2.24, 2.45) is 0 Å². The van der Waals surface area contributed by atoms with Crippen molar-refractivity contribution in [2.75, 3.05) is 13.2 Å². The molecule has 0 aromatic heterocycles. The number of carbonyl (C=O) groups is 2. The summed E-state index contributed by atoms with van der Waals surface area (Å²) in [4.78, 5) is 35.6. The van der Waals surface area contributed by atoms with Crippen LogP contribution in [0.4, 0.5) is 0 Å². The highest BCUT2D eigenvalue weighted by Gasteiger charge is 2.51. The molecule has 14 heteroatoms. The molecule has 1 fully saturated rings. The Labute approximate surface area is 347 Å². The lowest BCUT2D eigenvalue weighted by Gasteiger charge is -2.41. The number of phosphoric acid groups is 1. The molecule has 1 rings (SSSR count). The summed E-state index contributed by atoms with van der Waals surface area (Å²) in [5.74, 6) is -1.18. The van der Waals surface area contributed by atoms with Crippen molar-refractivity contribution in [2.45, 2.75) is 191 Å². The molecule has 0 aromatic rings. The van der Waals surface area contributed by atoms with Gasteiger partial charge in [-0.25, -0.2) is 4.57 Å². The highest BCUT2D eigenvalue weighted by Crippen LogP contribution is 2.47. The van der Waals surface area contributed by atoms with E-state index in [0.29, 0.717) is 19.3 Å². The fourth-order valence-electron chi connectivity index (χ4n) is 6.04. The van der Waals surface area contributed by atoms with Crippen LogP contribution in [0, 0.1) is 0 Å². The van der Waals surface area contributed by atoms with E-state index in [-0.39, 0.29) is 12.8 Å². The third kappa shape index (κ3) is 26.6. The summed E-state index contributed by atoms with van der Waals surface area (Å²) in [6.45, 7) is 3.17. The lowest BCUT2D eigenvalue weighted by molar-refractivity contribution is -0.220. The zero-order chi connectivity index (χ0) is 42.9. The van der Waals surface area contributed by atoms with E-state index >= 15 is 0 Å². The predicted molar refractivity (Wildman–Crippen MR) is 226 cm³/mol. The third-order valence-electron chi connectivity index (χ3n) is 9.58. The quantitative estimate of drug-likeness (QED) is 0.0159. The van der Waals surface area contributed by atoms with Crippen LogP contribution in [0.5, 0.6) is 0 Å². The number of carbonyl (C=O) groups excluding carboxylic acids is 2. The molecule has 1 saturated carbocycles. The number of allylic oxidation sites excluding steroid dienone is 10. The summed E-state index contributed by atoms with van der Waals surface area (Å²) in [7, 11) is -5.13. The van der Waals surface area contributed by atoms with Gasteiger partial charge in [0.15, 0.2) is 6.10 Å². The van der Waals surface area contributed by atoms with Crippen LogP contribution in [0.2, 0.25) is 0 Å². The Balaban J connectivity index is 2.55. The molecule has 8 atom stereocenters. The van der Waals surface area contributed by atoms with Crippen molar-refractivity contribution >= 4 is 19.8 Å². The summed E-state index contributed by atoms with van der Waals surface area (Å²) in [5.41, 5.74) is 0. The van der Waals surface area contributed by atoms with Crippen LogP contribution < -0.4 is 0 Å². The molecule has 0 heterocycles. The molecular weight excluding hydrogens is 767 g/mol. The Morgan fingerprint density at radius 1 is 0.534 bits per heavy atom. The molecule has 6 unspecified atom stereocenters. The molecule has 0 bridgehead atoms. The monoisotopic (exact) mass is 842 g/mol. The molecule has 0 radical (unpaired) electrons. The van der Waals surface area contributed by atoms with E-state index in [2.05, 4.69) is 62.5 Å². The maximum Gasteiger partial charge on any atom is 0.472 e. The minimum Gasteiger partial charge on any atom is -0.462 e. The van der Waals surface area contributed by atoms with E-state index in [0.717, 1.165) is 64.2 Å². The Bertz CT molecular complexity index is 1250. The van der Waals surface area contributed by atoms with Crippen LogP contribution >= 0.6 is 7.82 Å². The van der Waals surface area contributed by atoms with Crippen LogP contribution in [0.3, 0.4) is 0 Å². The van der Waals surface area contributed by atoms with E-state index in [1.807, 2.05) is 12.2 Å². The topological polar surface area (TPSA) is 210 Å². The van der Waals surface area contributed by atoms with Gasteiger partial charge in [0.05, 0.1) is 6.61 Å². The minimum atomic E-state index is -5.13. The third-order valence-corrected chi connectivity index (χ3v) is 10.6. The fourth-order valence-corrected chi connectivity index (χ4v) is 7.01. The van der Waals surface area contributed by atoms with Crippen molar-refractivity contribution in [3.8, 4) is 0 Å². The molecule has 13 nitrogen and oxygen atoms in total. The molecule has 0 amide bonds. The van der Waals surface area contributed by atoms with Gasteiger partial charge in [0, 0.05) is 12.8 Å². The Kier molecular flexibility index (Phi) is 31.7. The lowest BCUT2D eigenvalue weighted by atomic mass is 9.85.